The summed E-state index contributed by atoms with van der Waals surface area (Å²) in [5.41, 5.74) is 2.63. The number of aromatic hydroxyl groups is 1. The van der Waals surface area contributed by atoms with Crippen LogP contribution in [0.5, 0.6) is 5.75 Å². The van der Waals surface area contributed by atoms with Crippen LogP contribution >= 0.6 is 0 Å². The quantitative estimate of drug-likeness (QED) is 0.857. The number of amides is 1. The van der Waals surface area contributed by atoms with Crippen molar-refractivity contribution in [3.63, 3.8) is 0 Å². The number of hydrogen-bond acceptors (Lipinski definition) is 6. The van der Waals surface area contributed by atoms with Crippen LogP contribution in [0.4, 0.5) is 0 Å². The number of carbonyl (C=O) groups excluding carboxylic acids is 1. The van der Waals surface area contributed by atoms with Gasteiger partial charge in [-0.15, -0.1) is 0 Å². The number of phenolic OH excluding ortho intramolecular Hbond substituents is 1. The van der Waals surface area contributed by atoms with Crippen molar-refractivity contribution < 1.29 is 14.4 Å². The molecule has 0 bridgehead atoms. The van der Waals surface area contributed by atoms with Gasteiger partial charge in [0.2, 0.25) is 0 Å². The summed E-state index contributed by atoms with van der Waals surface area (Å²) in [6, 6.07) is 7.23. The summed E-state index contributed by atoms with van der Waals surface area (Å²) in [4.78, 5) is 17.1. The minimum Gasteiger partial charge on any atom is -0.507 e. The van der Waals surface area contributed by atoms with Gasteiger partial charge in [0.05, 0.1) is 5.56 Å². The van der Waals surface area contributed by atoms with E-state index in [2.05, 4.69) is 10.1 Å². The molecule has 1 N–H and O–H groups in total. The molecule has 2 aliphatic rings. The summed E-state index contributed by atoms with van der Waals surface area (Å²) < 4.78 is 5.17. The number of rotatable bonds is 4. The summed E-state index contributed by atoms with van der Waals surface area (Å²) in [6.07, 6.45) is 2.17. The predicted octanol–water partition coefficient (Wildman–Crippen LogP) is 2.85. The molecule has 1 unspecified atom stereocenters. The highest BCUT2D eigenvalue weighted by atomic mass is 16.5. The van der Waals surface area contributed by atoms with Gasteiger partial charge < -0.3 is 14.5 Å². The van der Waals surface area contributed by atoms with E-state index >= 15 is 0 Å². The van der Waals surface area contributed by atoms with Gasteiger partial charge in [-0.25, -0.2) is 0 Å². The molecule has 29 heavy (non-hydrogen) atoms. The number of hydrogen-bond donors (Lipinski definition) is 1. The SMILES string of the molecule is Cc1onc(C(=O)N2CCCC(C3CN(Cc4ccc(O)c(C#N)c4)C3)C2)c1C. The maximum absolute atomic E-state index is 12.8. The molecule has 0 spiro atoms. The Morgan fingerprint density at radius 3 is 2.79 bits per heavy atom. The minimum atomic E-state index is -0.0200. The molecule has 1 aromatic carbocycles. The average molecular weight is 394 g/mol. The lowest BCUT2D eigenvalue weighted by Crippen LogP contribution is -2.53. The van der Waals surface area contributed by atoms with Gasteiger partial charge in [-0.1, -0.05) is 11.2 Å². The molecule has 7 heteroatoms. The van der Waals surface area contributed by atoms with Crippen molar-refractivity contribution in [2.24, 2.45) is 11.8 Å². The van der Waals surface area contributed by atoms with Crippen LogP contribution in [0.25, 0.3) is 0 Å². The summed E-state index contributed by atoms with van der Waals surface area (Å²) >= 11 is 0. The summed E-state index contributed by atoms with van der Waals surface area (Å²) in [6.45, 7) is 8.04. The number of piperidine rings is 1. The van der Waals surface area contributed by atoms with Crippen LogP contribution < -0.4 is 0 Å². The van der Waals surface area contributed by atoms with Gasteiger partial charge in [0.25, 0.3) is 5.91 Å². The van der Waals surface area contributed by atoms with Crippen LogP contribution in [0.1, 0.15) is 45.8 Å². The van der Waals surface area contributed by atoms with Crippen molar-refractivity contribution in [1.29, 1.82) is 5.26 Å². The Morgan fingerprint density at radius 1 is 1.31 bits per heavy atom. The highest BCUT2D eigenvalue weighted by Crippen LogP contribution is 2.32. The highest BCUT2D eigenvalue weighted by molar-refractivity contribution is 5.93. The first kappa shape index (κ1) is 19.5. The Morgan fingerprint density at radius 2 is 2.10 bits per heavy atom. The molecule has 2 aromatic rings. The summed E-state index contributed by atoms with van der Waals surface area (Å²) in [7, 11) is 0. The lowest BCUT2D eigenvalue weighted by Gasteiger charge is -2.46. The lowest BCUT2D eigenvalue weighted by atomic mass is 9.80. The first-order chi connectivity index (χ1) is 14.0. The number of nitrogens with zero attached hydrogens (tertiary/aromatic N) is 4. The molecule has 152 valence electrons. The topological polar surface area (TPSA) is 93.6 Å². The standard InChI is InChI=1S/C22H26N4O3/c1-14-15(2)29-24-21(14)22(28)26-7-3-4-17(13-26)19-11-25(12-19)10-16-5-6-20(27)18(8-16)9-23/h5-6,8,17,19,27H,3-4,7,10-13H2,1-2H3. The van der Waals surface area contributed by atoms with Crippen LogP contribution in [0.2, 0.25) is 0 Å². The van der Waals surface area contributed by atoms with Crippen molar-refractivity contribution in [3.8, 4) is 11.8 Å². The number of nitriles is 1. The molecule has 1 aromatic heterocycles. The molecule has 2 saturated heterocycles. The Kier molecular flexibility index (Phi) is 5.29. The van der Waals surface area contributed by atoms with E-state index in [1.807, 2.05) is 30.9 Å². The molecule has 0 saturated carbocycles. The second-order valence-electron chi connectivity index (χ2n) is 8.28. The Balaban J connectivity index is 1.32. The van der Waals surface area contributed by atoms with E-state index in [4.69, 9.17) is 9.78 Å². The Bertz CT molecular complexity index is 955. The number of aryl methyl sites for hydroxylation is 1. The van der Waals surface area contributed by atoms with Crippen LogP contribution in [0.15, 0.2) is 22.7 Å². The van der Waals surface area contributed by atoms with Crippen LogP contribution in [-0.2, 0) is 6.54 Å². The van der Waals surface area contributed by atoms with Gasteiger partial charge >= 0.3 is 0 Å². The molecular formula is C22H26N4O3. The van der Waals surface area contributed by atoms with E-state index < -0.39 is 0 Å². The van der Waals surface area contributed by atoms with Crippen molar-refractivity contribution in [1.82, 2.24) is 15.0 Å². The number of benzene rings is 1. The maximum atomic E-state index is 12.8. The first-order valence-electron chi connectivity index (χ1n) is 10.1. The van der Waals surface area contributed by atoms with Gasteiger partial charge in [-0.3, -0.25) is 9.69 Å². The fourth-order valence-corrected chi connectivity index (χ4v) is 4.41. The van der Waals surface area contributed by atoms with Gasteiger partial charge in [-0.2, -0.15) is 5.26 Å². The molecule has 4 rings (SSSR count). The van der Waals surface area contributed by atoms with Gasteiger partial charge in [0.1, 0.15) is 17.6 Å². The van der Waals surface area contributed by atoms with E-state index in [0.29, 0.717) is 28.9 Å². The molecule has 1 amide bonds. The van der Waals surface area contributed by atoms with E-state index in [1.165, 1.54) is 0 Å². The van der Waals surface area contributed by atoms with E-state index in [9.17, 15) is 9.90 Å². The van der Waals surface area contributed by atoms with Crippen LogP contribution in [0.3, 0.4) is 0 Å². The van der Waals surface area contributed by atoms with E-state index in [1.54, 1.807) is 12.1 Å². The van der Waals surface area contributed by atoms with Gasteiger partial charge in [-0.05, 0) is 56.2 Å². The molecule has 0 aliphatic carbocycles. The maximum Gasteiger partial charge on any atom is 0.276 e. The van der Waals surface area contributed by atoms with E-state index in [0.717, 1.165) is 56.7 Å². The molecule has 2 aliphatic heterocycles. The number of likely N-dealkylation sites (tertiary alicyclic amines) is 2. The summed E-state index contributed by atoms with van der Waals surface area (Å²) in [5.74, 6) is 1.80. The first-order valence-corrected chi connectivity index (χ1v) is 10.1. The van der Waals surface area contributed by atoms with E-state index in [-0.39, 0.29) is 11.7 Å². The third-order valence-corrected chi connectivity index (χ3v) is 6.34. The van der Waals surface area contributed by atoms with Crippen LogP contribution in [-0.4, -0.2) is 52.1 Å². The zero-order valence-corrected chi connectivity index (χ0v) is 16.9. The molecule has 0 radical (unpaired) electrons. The van der Waals surface area contributed by atoms with Gasteiger partial charge in [0.15, 0.2) is 5.69 Å². The third-order valence-electron chi connectivity index (χ3n) is 6.34. The number of aromatic nitrogens is 1. The van der Waals surface area contributed by atoms with Crippen LogP contribution in [0, 0.1) is 37.0 Å². The molecule has 3 heterocycles. The molecule has 1 atom stereocenters. The third kappa shape index (κ3) is 3.85. The molecular weight excluding hydrogens is 368 g/mol. The van der Waals surface area contributed by atoms with Crippen molar-refractivity contribution >= 4 is 5.91 Å². The summed E-state index contributed by atoms with van der Waals surface area (Å²) in [5, 5.41) is 22.7. The fourth-order valence-electron chi connectivity index (χ4n) is 4.41. The van der Waals surface area contributed by atoms with Crippen molar-refractivity contribution in [2.75, 3.05) is 26.2 Å². The molecule has 2 fully saturated rings. The monoisotopic (exact) mass is 394 g/mol. The minimum absolute atomic E-state index is 0.0200. The van der Waals surface area contributed by atoms with Gasteiger partial charge in [0, 0.05) is 38.3 Å². The van der Waals surface area contributed by atoms with Crippen molar-refractivity contribution in [3.05, 3.63) is 46.3 Å². The normalized spacial score (nSPS) is 20.3. The average Bonchev–Trinajstić information content (AvgIpc) is 3.03. The van der Waals surface area contributed by atoms with Crippen molar-refractivity contribution in [2.45, 2.75) is 33.2 Å². The number of carbonyl (C=O) groups is 1. The zero-order valence-electron chi connectivity index (χ0n) is 16.9. The lowest BCUT2D eigenvalue weighted by molar-refractivity contribution is 0.0166. The number of phenols is 1. The largest absolute Gasteiger partial charge is 0.507 e. The smallest absolute Gasteiger partial charge is 0.276 e. The Hall–Kier alpha value is -2.85. The second kappa shape index (κ2) is 7.88. The Labute approximate surface area is 170 Å². The second-order valence-corrected chi connectivity index (χ2v) is 8.28. The predicted molar refractivity (Wildman–Crippen MR) is 106 cm³/mol. The fraction of sp³-hybridized carbons (Fsp3) is 0.500. The molecule has 7 nitrogen and oxygen atoms in total. The zero-order chi connectivity index (χ0) is 20.5. The highest BCUT2D eigenvalue weighted by Gasteiger charge is 2.37.